The van der Waals surface area contributed by atoms with Crippen molar-refractivity contribution in [2.24, 2.45) is 5.10 Å². The van der Waals surface area contributed by atoms with Gasteiger partial charge in [0.25, 0.3) is 0 Å². The van der Waals surface area contributed by atoms with Crippen LogP contribution in [0.4, 0.5) is 13.2 Å². The molecule has 90 valence electrons. The molecule has 0 bridgehead atoms. The molecular formula is C9H11F3N2O2. The Morgan fingerprint density at radius 2 is 2.06 bits per heavy atom. The van der Waals surface area contributed by atoms with Crippen LogP contribution in [0.2, 0.25) is 0 Å². The number of hydrazone groups is 1. The summed E-state index contributed by atoms with van der Waals surface area (Å²) < 4.78 is 35.6. The molecule has 1 amide bonds. The highest BCUT2D eigenvalue weighted by molar-refractivity contribution is 6.29. The van der Waals surface area contributed by atoms with Crippen LogP contribution in [0.1, 0.15) is 25.7 Å². The highest BCUT2D eigenvalue weighted by atomic mass is 19.4. The van der Waals surface area contributed by atoms with Crippen molar-refractivity contribution in [1.82, 2.24) is 5.01 Å². The fourth-order valence-corrected chi connectivity index (χ4v) is 1.31. The number of carbonyl (C=O) groups excluding carboxylic acids is 2. The van der Waals surface area contributed by atoms with Crippen LogP contribution in [0, 0.1) is 0 Å². The summed E-state index contributed by atoms with van der Waals surface area (Å²) in [4.78, 5) is 21.6. The summed E-state index contributed by atoms with van der Waals surface area (Å²) in [6, 6.07) is 0. The maximum atomic E-state index is 11.9. The molecule has 0 unspecified atom stereocenters. The van der Waals surface area contributed by atoms with Gasteiger partial charge in [-0.3, -0.25) is 9.59 Å². The molecule has 0 fully saturated rings. The van der Waals surface area contributed by atoms with Gasteiger partial charge in [0.05, 0.1) is 0 Å². The number of amides is 1. The maximum absolute atomic E-state index is 11.9. The van der Waals surface area contributed by atoms with E-state index in [-0.39, 0.29) is 37.4 Å². The number of nitrogens with zero attached hydrogens (tertiary/aromatic N) is 2. The van der Waals surface area contributed by atoms with E-state index >= 15 is 0 Å². The Morgan fingerprint density at radius 1 is 1.38 bits per heavy atom. The number of carbonyl (C=O) groups is 2. The number of halogens is 3. The first-order valence-corrected chi connectivity index (χ1v) is 4.82. The predicted molar refractivity (Wildman–Crippen MR) is 49.7 cm³/mol. The Hall–Kier alpha value is -1.40. The van der Waals surface area contributed by atoms with Gasteiger partial charge in [0.15, 0.2) is 6.29 Å². The van der Waals surface area contributed by atoms with E-state index in [0.717, 1.165) is 5.01 Å². The van der Waals surface area contributed by atoms with Gasteiger partial charge in [-0.15, -0.1) is 0 Å². The topological polar surface area (TPSA) is 49.7 Å². The lowest BCUT2D eigenvalue weighted by Gasteiger charge is -2.21. The molecule has 16 heavy (non-hydrogen) atoms. The molecule has 1 aliphatic rings. The van der Waals surface area contributed by atoms with E-state index in [9.17, 15) is 22.8 Å². The number of hydrogen-bond acceptors (Lipinski definition) is 3. The Morgan fingerprint density at radius 3 is 2.62 bits per heavy atom. The average Bonchev–Trinajstić information content (AvgIpc) is 2.19. The van der Waals surface area contributed by atoms with Gasteiger partial charge in [0.1, 0.15) is 5.71 Å². The van der Waals surface area contributed by atoms with Crippen LogP contribution in [0.5, 0.6) is 0 Å². The fraction of sp³-hybridized carbons (Fsp3) is 0.667. The third kappa shape index (κ3) is 4.00. The maximum Gasteiger partial charge on any atom is 0.389 e. The molecule has 0 aromatic heterocycles. The van der Waals surface area contributed by atoms with Gasteiger partial charge in [0, 0.05) is 25.8 Å². The molecule has 1 aliphatic heterocycles. The van der Waals surface area contributed by atoms with E-state index in [1.807, 2.05) is 0 Å². The molecule has 0 saturated heterocycles. The van der Waals surface area contributed by atoms with E-state index in [2.05, 4.69) is 5.10 Å². The summed E-state index contributed by atoms with van der Waals surface area (Å²) in [5.74, 6) is -0.340. The minimum Gasteiger partial charge on any atom is -0.296 e. The zero-order valence-corrected chi connectivity index (χ0v) is 8.46. The first-order chi connectivity index (χ1) is 7.42. The van der Waals surface area contributed by atoms with Crippen molar-refractivity contribution >= 4 is 17.9 Å². The molecule has 0 aromatic rings. The summed E-state index contributed by atoms with van der Waals surface area (Å²) >= 11 is 0. The highest BCUT2D eigenvalue weighted by Gasteiger charge is 2.27. The summed E-state index contributed by atoms with van der Waals surface area (Å²) in [6.07, 6.45) is -4.48. The molecule has 0 saturated carbocycles. The van der Waals surface area contributed by atoms with Gasteiger partial charge in [-0.2, -0.15) is 18.3 Å². The molecule has 0 spiro atoms. The summed E-state index contributed by atoms with van der Waals surface area (Å²) in [5.41, 5.74) is 0.201. The van der Waals surface area contributed by atoms with Gasteiger partial charge in [-0.05, 0) is 6.42 Å². The first-order valence-electron chi connectivity index (χ1n) is 4.82. The van der Waals surface area contributed by atoms with Crippen LogP contribution in [0.3, 0.4) is 0 Å². The van der Waals surface area contributed by atoms with Crippen molar-refractivity contribution < 1.29 is 22.8 Å². The molecule has 0 radical (unpaired) electrons. The van der Waals surface area contributed by atoms with Gasteiger partial charge in [0.2, 0.25) is 5.91 Å². The molecule has 7 heteroatoms. The lowest BCUT2D eigenvalue weighted by molar-refractivity contribution is -0.140. The van der Waals surface area contributed by atoms with E-state index in [0.29, 0.717) is 6.29 Å². The third-order valence-corrected chi connectivity index (χ3v) is 2.10. The molecular weight excluding hydrogens is 225 g/mol. The zero-order valence-electron chi connectivity index (χ0n) is 8.46. The third-order valence-electron chi connectivity index (χ3n) is 2.10. The second-order valence-electron chi connectivity index (χ2n) is 3.44. The Balaban J connectivity index is 2.46. The van der Waals surface area contributed by atoms with Crippen molar-refractivity contribution in [3.8, 4) is 0 Å². The van der Waals surface area contributed by atoms with Crippen LogP contribution in [-0.4, -0.2) is 35.6 Å². The summed E-state index contributed by atoms with van der Waals surface area (Å²) in [6.45, 7) is -0.102. The number of alkyl halides is 3. The predicted octanol–water partition coefficient (Wildman–Crippen LogP) is 1.51. The van der Waals surface area contributed by atoms with Gasteiger partial charge < -0.3 is 0 Å². The normalized spacial score (nSPS) is 17.3. The van der Waals surface area contributed by atoms with Gasteiger partial charge >= 0.3 is 6.18 Å². The number of hydrogen-bond donors (Lipinski definition) is 0. The van der Waals surface area contributed by atoms with Crippen LogP contribution in [0.15, 0.2) is 5.10 Å². The minimum atomic E-state index is -4.23. The van der Waals surface area contributed by atoms with Crippen LogP contribution < -0.4 is 0 Å². The minimum absolute atomic E-state index is 0.102. The number of rotatable bonds is 4. The highest BCUT2D eigenvalue weighted by Crippen LogP contribution is 2.22. The smallest absolute Gasteiger partial charge is 0.296 e. The van der Waals surface area contributed by atoms with Crippen molar-refractivity contribution in [3.63, 3.8) is 0 Å². The monoisotopic (exact) mass is 236 g/mol. The summed E-state index contributed by atoms with van der Waals surface area (Å²) in [5, 5.41) is 4.61. The molecule has 4 nitrogen and oxygen atoms in total. The second kappa shape index (κ2) is 5.09. The largest absolute Gasteiger partial charge is 0.389 e. The Bertz CT molecular complexity index is 312. The summed E-state index contributed by atoms with van der Waals surface area (Å²) in [7, 11) is 0. The quantitative estimate of drug-likeness (QED) is 0.694. The number of aldehydes is 1. The molecule has 0 N–H and O–H groups in total. The van der Waals surface area contributed by atoms with Crippen LogP contribution in [0.25, 0.3) is 0 Å². The lowest BCUT2D eigenvalue weighted by Crippen LogP contribution is -2.33. The molecule has 1 heterocycles. The van der Waals surface area contributed by atoms with Crippen molar-refractivity contribution in [1.29, 1.82) is 0 Å². The van der Waals surface area contributed by atoms with E-state index in [1.54, 1.807) is 0 Å². The SMILES string of the molecule is O=CC1=NN(CCCC(F)(F)F)C(=O)CC1. The van der Waals surface area contributed by atoms with Crippen LogP contribution >= 0.6 is 0 Å². The van der Waals surface area contributed by atoms with E-state index in [1.165, 1.54) is 0 Å². The molecule has 0 aromatic carbocycles. The first kappa shape index (κ1) is 12.7. The second-order valence-corrected chi connectivity index (χ2v) is 3.44. The van der Waals surface area contributed by atoms with E-state index < -0.39 is 12.6 Å². The van der Waals surface area contributed by atoms with Crippen molar-refractivity contribution in [3.05, 3.63) is 0 Å². The van der Waals surface area contributed by atoms with Crippen molar-refractivity contribution in [2.45, 2.75) is 31.9 Å². The molecule has 0 aliphatic carbocycles. The van der Waals surface area contributed by atoms with E-state index in [4.69, 9.17) is 0 Å². The molecule has 1 rings (SSSR count). The van der Waals surface area contributed by atoms with Gasteiger partial charge in [-0.25, -0.2) is 5.01 Å². The fourth-order valence-electron chi connectivity index (χ4n) is 1.31. The van der Waals surface area contributed by atoms with Crippen molar-refractivity contribution in [2.75, 3.05) is 6.54 Å². The zero-order chi connectivity index (χ0) is 12.2. The molecule has 0 atom stereocenters. The Labute approximate surface area is 90.1 Å². The van der Waals surface area contributed by atoms with Crippen LogP contribution in [-0.2, 0) is 9.59 Å². The Kier molecular flexibility index (Phi) is 4.03. The average molecular weight is 236 g/mol. The standard InChI is InChI=1S/C9H11F3N2O2/c10-9(11,12)4-1-5-14-8(16)3-2-7(6-15)13-14/h6H,1-5H2. The lowest BCUT2D eigenvalue weighted by atomic mass is 10.2. The van der Waals surface area contributed by atoms with Gasteiger partial charge in [-0.1, -0.05) is 0 Å².